The Hall–Kier alpha value is -3.15. The van der Waals surface area contributed by atoms with Gasteiger partial charge in [0, 0.05) is 18.0 Å². The van der Waals surface area contributed by atoms with Gasteiger partial charge in [-0.2, -0.15) is 0 Å². The largest absolute Gasteiger partial charge is 0.465 e. The summed E-state index contributed by atoms with van der Waals surface area (Å²) in [6, 6.07) is 7.09. The smallest absolute Gasteiger partial charge is 0.338 e. The first-order valence-electron chi connectivity index (χ1n) is 9.65. The Kier molecular flexibility index (Phi) is 4.86. The van der Waals surface area contributed by atoms with E-state index in [-0.39, 0.29) is 34.7 Å². The van der Waals surface area contributed by atoms with Crippen molar-refractivity contribution in [3.8, 4) is 0 Å². The van der Waals surface area contributed by atoms with Crippen molar-refractivity contribution in [3.05, 3.63) is 70.6 Å². The third kappa shape index (κ3) is 3.09. The van der Waals surface area contributed by atoms with Gasteiger partial charge in [-0.15, -0.1) is 0 Å². The molecule has 0 unspecified atom stereocenters. The molecule has 4 rings (SSSR count). The van der Waals surface area contributed by atoms with Crippen LogP contribution < -0.4 is 0 Å². The number of methoxy groups -OCH3 is 2. The number of aryl methyl sites for hydroxylation is 1. The minimum absolute atomic E-state index is 0.0160. The van der Waals surface area contributed by atoms with Crippen molar-refractivity contribution in [1.29, 1.82) is 0 Å². The van der Waals surface area contributed by atoms with Gasteiger partial charge in [0.1, 0.15) is 0 Å². The molecule has 0 bridgehead atoms. The van der Waals surface area contributed by atoms with E-state index < -0.39 is 11.9 Å². The van der Waals surface area contributed by atoms with E-state index in [1.54, 1.807) is 24.4 Å². The number of ketones is 1. The van der Waals surface area contributed by atoms with Crippen LogP contribution in [0.25, 0.3) is 0 Å². The molecule has 0 spiro atoms. The second-order valence-corrected chi connectivity index (χ2v) is 7.68. The van der Waals surface area contributed by atoms with Gasteiger partial charge in [-0.1, -0.05) is 12.2 Å². The molecule has 150 valence electrons. The Bertz CT molecular complexity index is 1000. The highest BCUT2D eigenvalue weighted by Crippen LogP contribution is 2.53. The Labute approximate surface area is 168 Å². The molecule has 0 aliphatic heterocycles. The molecule has 2 aliphatic carbocycles. The number of aromatic amines is 1. The number of benzene rings is 1. The fraction of sp³-hybridized carbons (Fsp3) is 0.348. The van der Waals surface area contributed by atoms with Crippen LogP contribution in [0.5, 0.6) is 0 Å². The van der Waals surface area contributed by atoms with Gasteiger partial charge >= 0.3 is 11.9 Å². The molecule has 0 saturated heterocycles. The number of carbonyl (C=O) groups is 3. The minimum atomic E-state index is -0.585. The topological polar surface area (TPSA) is 85.5 Å². The highest BCUT2D eigenvalue weighted by Gasteiger charge is 2.46. The molecule has 1 fully saturated rings. The quantitative estimate of drug-likeness (QED) is 0.486. The summed E-state index contributed by atoms with van der Waals surface area (Å²) in [6.45, 7) is 4.25. The van der Waals surface area contributed by atoms with Crippen LogP contribution >= 0.6 is 0 Å². The molecular formula is C23H23NO5. The zero-order valence-corrected chi connectivity index (χ0v) is 16.5. The summed E-state index contributed by atoms with van der Waals surface area (Å²) >= 11 is 0. The van der Waals surface area contributed by atoms with Crippen molar-refractivity contribution in [2.45, 2.75) is 25.2 Å². The van der Waals surface area contributed by atoms with Gasteiger partial charge in [0.2, 0.25) is 0 Å². The van der Waals surface area contributed by atoms with E-state index in [1.165, 1.54) is 14.2 Å². The molecule has 0 amide bonds. The predicted molar refractivity (Wildman–Crippen MR) is 106 cm³/mol. The number of hydrogen-bond acceptors (Lipinski definition) is 5. The third-order valence-electron chi connectivity index (χ3n) is 6.24. The summed E-state index contributed by atoms with van der Waals surface area (Å²) in [6.07, 6.45) is 3.93. The summed E-state index contributed by atoms with van der Waals surface area (Å²) in [5.41, 5.74) is 3.95. The molecule has 1 saturated carbocycles. The first-order chi connectivity index (χ1) is 14.0. The standard InChI is InChI=1S/C23H23NO5/c1-12-9-16(21(25)19-5-4-8-24-19)14-7-6-13-10-17(22(26)28-2)18(23(27)29-3)11-15(13)20(12)14/h4-5,8,10-11,14,16,20,24H,1,6-7,9H2,2-3H3/t14-,16+,20+/m1/s1. The second-order valence-electron chi connectivity index (χ2n) is 7.68. The van der Waals surface area contributed by atoms with Gasteiger partial charge in [-0.05, 0) is 60.6 Å². The zero-order chi connectivity index (χ0) is 20.7. The average Bonchev–Trinajstić information content (AvgIpc) is 3.39. The van der Waals surface area contributed by atoms with E-state index in [0.29, 0.717) is 12.1 Å². The Morgan fingerprint density at radius 1 is 1.10 bits per heavy atom. The number of allylic oxidation sites excluding steroid dienone is 1. The highest BCUT2D eigenvalue weighted by atomic mass is 16.5. The molecule has 1 aromatic carbocycles. The van der Waals surface area contributed by atoms with Gasteiger partial charge in [-0.3, -0.25) is 4.79 Å². The SMILES string of the molecule is C=C1C[C@H](C(=O)c2ccc[nH]2)[C@H]2CCc3cc(C(=O)OC)c(C(=O)OC)cc3[C@@H]12. The lowest BCUT2D eigenvalue weighted by molar-refractivity contribution is 0.0555. The third-order valence-corrected chi connectivity index (χ3v) is 6.24. The molecule has 6 nitrogen and oxygen atoms in total. The number of hydrogen-bond donors (Lipinski definition) is 1. The molecular weight excluding hydrogens is 370 g/mol. The van der Waals surface area contributed by atoms with E-state index >= 15 is 0 Å². The maximum Gasteiger partial charge on any atom is 0.338 e. The number of ether oxygens (including phenoxy) is 2. The Morgan fingerprint density at radius 3 is 2.41 bits per heavy atom. The molecule has 2 aliphatic rings. The molecule has 3 atom stereocenters. The molecule has 0 radical (unpaired) electrons. The number of fused-ring (bicyclic) bond motifs is 3. The minimum Gasteiger partial charge on any atom is -0.465 e. The molecule has 6 heteroatoms. The summed E-state index contributed by atoms with van der Waals surface area (Å²) in [5.74, 6) is -1.08. The number of nitrogens with one attached hydrogen (secondary N) is 1. The lowest BCUT2D eigenvalue weighted by Gasteiger charge is -2.32. The van der Waals surface area contributed by atoms with E-state index in [0.717, 1.165) is 29.5 Å². The van der Waals surface area contributed by atoms with Crippen LogP contribution in [0.15, 0.2) is 42.6 Å². The van der Waals surface area contributed by atoms with Crippen molar-refractivity contribution in [1.82, 2.24) is 4.98 Å². The first-order valence-corrected chi connectivity index (χ1v) is 9.65. The maximum atomic E-state index is 13.0. The molecule has 29 heavy (non-hydrogen) atoms. The summed E-state index contributed by atoms with van der Waals surface area (Å²) in [5, 5.41) is 0. The van der Waals surface area contributed by atoms with E-state index in [9.17, 15) is 14.4 Å². The Morgan fingerprint density at radius 2 is 1.79 bits per heavy atom. The van der Waals surface area contributed by atoms with Crippen LogP contribution in [0.4, 0.5) is 0 Å². The van der Waals surface area contributed by atoms with Crippen LogP contribution in [-0.2, 0) is 15.9 Å². The summed E-state index contributed by atoms with van der Waals surface area (Å²) in [7, 11) is 2.57. The molecule has 1 heterocycles. The number of rotatable bonds is 4. The highest BCUT2D eigenvalue weighted by molar-refractivity contribution is 6.03. The van der Waals surface area contributed by atoms with Crippen LogP contribution in [0.2, 0.25) is 0 Å². The fourth-order valence-electron chi connectivity index (χ4n) is 4.93. The molecule has 1 N–H and O–H groups in total. The first kappa shape index (κ1) is 19.2. The fourth-order valence-corrected chi connectivity index (χ4v) is 4.93. The number of carbonyl (C=O) groups excluding carboxylic acids is 3. The molecule has 1 aromatic heterocycles. The van der Waals surface area contributed by atoms with Crippen molar-refractivity contribution in [2.75, 3.05) is 14.2 Å². The number of aromatic nitrogens is 1. The van der Waals surface area contributed by atoms with Gasteiger partial charge in [0.05, 0.1) is 31.0 Å². The normalized spacial score (nSPS) is 22.6. The van der Waals surface area contributed by atoms with Crippen molar-refractivity contribution in [3.63, 3.8) is 0 Å². The lowest BCUT2D eigenvalue weighted by atomic mass is 9.72. The monoisotopic (exact) mass is 393 g/mol. The predicted octanol–water partition coefficient (Wildman–Crippen LogP) is 3.69. The van der Waals surface area contributed by atoms with Gasteiger partial charge < -0.3 is 14.5 Å². The van der Waals surface area contributed by atoms with Crippen LogP contribution in [0, 0.1) is 11.8 Å². The Balaban J connectivity index is 1.76. The van der Waals surface area contributed by atoms with Crippen molar-refractivity contribution in [2.24, 2.45) is 11.8 Å². The van der Waals surface area contributed by atoms with Crippen molar-refractivity contribution < 1.29 is 23.9 Å². The average molecular weight is 393 g/mol. The van der Waals surface area contributed by atoms with Crippen LogP contribution in [0.3, 0.4) is 0 Å². The number of Topliss-reactive ketones (excluding diaryl/α,β-unsaturated/α-hetero) is 1. The summed E-state index contributed by atoms with van der Waals surface area (Å²) < 4.78 is 9.73. The molecule has 2 aromatic rings. The second kappa shape index (κ2) is 7.35. The van der Waals surface area contributed by atoms with Crippen LogP contribution in [-0.4, -0.2) is 36.9 Å². The number of esters is 2. The summed E-state index contributed by atoms with van der Waals surface area (Å²) in [4.78, 5) is 40.6. The number of H-pyrrole nitrogens is 1. The van der Waals surface area contributed by atoms with Gasteiger partial charge in [0.15, 0.2) is 5.78 Å². The van der Waals surface area contributed by atoms with Gasteiger partial charge in [-0.25, -0.2) is 9.59 Å². The zero-order valence-electron chi connectivity index (χ0n) is 16.5. The van der Waals surface area contributed by atoms with Crippen molar-refractivity contribution >= 4 is 17.7 Å². The van der Waals surface area contributed by atoms with Gasteiger partial charge in [0.25, 0.3) is 0 Å². The lowest BCUT2D eigenvalue weighted by Crippen LogP contribution is -2.27. The maximum absolute atomic E-state index is 13.0. The van der Waals surface area contributed by atoms with Crippen LogP contribution in [0.1, 0.15) is 61.1 Å². The van der Waals surface area contributed by atoms with E-state index in [1.807, 2.05) is 6.07 Å². The van der Waals surface area contributed by atoms with E-state index in [4.69, 9.17) is 9.47 Å². The van der Waals surface area contributed by atoms with E-state index in [2.05, 4.69) is 11.6 Å².